The summed E-state index contributed by atoms with van der Waals surface area (Å²) in [6.07, 6.45) is 5.11. The predicted molar refractivity (Wildman–Crippen MR) is 115 cm³/mol. The van der Waals surface area contributed by atoms with E-state index in [-0.39, 0.29) is 12.6 Å². The first-order chi connectivity index (χ1) is 14.0. The first-order valence-corrected chi connectivity index (χ1v) is 11.4. The maximum absolute atomic E-state index is 14.8. The highest BCUT2D eigenvalue weighted by molar-refractivity contribution is 5.48. The van der Waals surface area contributed by atoms with Crippen LogP contribution in [-0.4, -0.2) is 62.7 Å². The fraction of sp³-hybridized carbons (Fsp3) is 0.739. The molecule has 1 saturated carbocycles. The van der Waals surface area contributed by atoms with E-state index in [4.69, 9.17) is 5.73 Å². The predicted octanol–water partition coefficient (Wildman–Crippen LogP) is 3.43. The Labute approximate surface area is 173 Å². The van der Waals surface area contributed by atoms with Crippen molar-refractivity contribution in [2.24, 2.45) is 11.7 Å². The molecule has 29 heavy (non-hydrogen) atoms. The van der Waals surface area contributed by atoms with Gasteiger partial charge in [0.1, 0.15) is 0 Å². The van der Waals surface area contributed by atoms with Gasteiger partial charge in [-0.05, 0) is 68.7 Å². The summed E-state index contributed by atoms with van der Waals surface area (Å²) in [5.74, 6) is -2.48. The molecule has 3 aliphatic rings. The van der Waals surface area contributed by atoms with Crippen LogP contribution < -0.4 is 16.0 Å². The van der Waals surface area contributed by atoms with E-state index >= 15 is 0 Å². The highest BCUT2D eigenvalue weighted by Gasteiger charge is 2.42. The van der Waals surface area contributed by atoms with Gasteiger partial charge in [0.2, 0.25) is 0 Å². The van der Waals surface area contributed by atoms with Crippen molar-refractivity contribution in [1.29, 1.82) is 0 Å². The van der Waals surface area contributed by atoms with E-state index < -0.39 is 11.8 Å². The van der Waals surface area contributed by atoms with Crippen LogP contribution in [-0.2, 0) is 0 Å². The fourth-order valence-corrected chi connectivity index (χ4v) is 5.23. The molecule has 1 unspecified atom stereocenters. The third kappa shape index (κ3) is 5.28. The van der Waals surface area contributed by atoms with Crippen molar-refractivity contribution in [2.75, 3.05) is 50.7 Å². The molecule has 3 N–H and O–H groups in total. The highest BCUT2D eigenvalue weighted by Crippen LogP contribution is 2.37. The quantitative estimate of drug-likeness (QED) is 0.786. The molecule has 4 nitrogen and oxygen atoms in total. The average molecular weight is 407 g/mol. The Balaban J connectivity index is 1.26. The summed E-state index contributed by atoms with van der Waals surface area (Å²) in [5.41, 5.74) is 8.50. The average Bonchev–Trinajstić information content (AvgIpc) is 2.75. The van der Waals surface area contributed by atoms with Crippen molar-refractivity contribution in [3.8, 4) is 0 Å². The molecular weight excluding hydrogens is 370 g/mol. The number of alkyl halides is 2. The van der Waals surface area contributed by atoms with E-state index in [9.17, 15) is 8.78 Å². The van der Waals surface area contributed by atoms with E-state index in [0.717, 1.165) is 39.0 Å². The van der Waals surface area contributed by atoms with Gasteiger partial charge in [-0.2, -0.15) is 0 Å². The largest absolute Gasteiger partial charge is 0.369 e. The first kappa shape index (κ1) is 21.0. The molecule has 2 saturated heterocycles. The molecule has 1 atom stereocenters. The first-order valence-electron chi connectivity index (χ1n) is 11.4. The molecule has 0 aromatic heterocycles. The Hall–Kier alpha value is -1.24. The fourth-order valence-electron chi connectivity index (χ4n) is 5.23. The highest BCUT2D eigenvalue weighted by atomic mass is 19.3. The van der Waals surface area contributed by atoms with Gasteiger partial charge in [-0.15, -0.1) is 0 Å². The van der Waals surface area contributed by atoms with Crippen molar-refractivity contribution in [2.45, 2.75) is 56.4 Å². The van der Waals surface area contributed by atoms with Crippen molar-refractivity contribution >= 4 is 5.69 Å². The van der Waals surface area contributed by atoms with Gasteiger partial charge in [0.05, 0.1) is 6.54 Å². The van der Waals surface area contributed by atoms with Crippen LogP contribution in [0.3, 0.4) is 0 Å². The van der Waals surface area contributed by atoms with Crippen LogP contribution in [0, 0.1) is 5.92 Å². The number of anilines is 1. The molecule has 1 aliphatic carbocycles. The number of halogens is 2. The van der Waals surface area contributed by atoms with Crippen LogP contribution in [0.2, 0.25) is 0 Å². The molecule has 2 heterocycles. The van der Waals surface area contributed by atoms with Gasteiger partial charge in [0.25, 0.3) is 5.92 Å². The SMILES string of the molecule is NC1CCC(C(F)(F)CN2CCN(c3ccc(C4CCCNC4)cc3)CC2)CC1. The summed E-state index contributed by atoms with van der Waals surface area (Å²) >= 11 is 0. The normalized spacial score (nSPS) is 29.8. The van der Waals surface area contributed by atoms with Gasteiger partial charge in [-0.25, -0.2) is 8.78 Å². The lowest BCUT2D eigenvalue weighted by molar-refractivity contribution is -0.0941. The zero-order valence-electron chi connectivity index (χ0n) is 17.5. The molecule has 3 fully saturated rings. The number of benzene rings is 1. The maximum Gasteiger partial charge on any atom is 0.263 e. The lowest BCUT2D eigenvalue weighted by Gasteiger charge is -2.40. The second kappa shape index (κ2) is 9.27. The van der Waals surface area contributed by atoms with Crippen molar-refractivity contribution in [1.82, 2.24) is 10.2 Å². The van der Waals surface area contributed by atoms with Gasteiger partial charge < -0.3 is 16.0 Å². The van der Waals surface area contributed by atoms with E-state index in [1.165, 1.54) is 24.1 Å². The Morgan fingerprint density at radius 2 is 1.66 bits per heavy atom. The number of nitrogens with one attached hydrogen (secondary N) is 1. The third-order valence-electron chi connectivity index (χ3n) is 7.20. The summed E-state index contributed by atoms with van der Waals surface area (Å²) < 4.78 is 29.5. The van der Waals surface area contributed by atoms with Crippen LogP contribution in [0.25, 0.3) is 0 Å². The molecule has 1 aromatic rings. The van der Waals surface area contributed by atoms with Gasteiger partial charge in [0.15, 0.2) is 0 Å². The Bertz CT molecular complexity index is 629. The molecule has 0 spiro atoms. The number of piperidine rings is 1. The maximum atomic E-state index is 14.8. The van der Waals surface area contributed by atoms with Crippen LogP contribution >= 0.6 is 0 Å². The summed E-state index contributed by atoms with van der Waals surface area (Å²) in [6.45, 7) is 5.14. The topological polar surface area (TPSA) is 44.5 Å². The van der Waals surface area contributed by atoms with Crippen LogP contribution in [0.1, 0.15) is 50.0 Å². The Morgan fingerprint density at radius 1 is 0.966 bits per heavy atom. The summed E-state index contributed by atoms with van der Waals surface area (Å²) in [4.78, 5) is 4.28. The molecule has 0 bridgehead atoms. The Morgan fingerprint density at radius 3 is 2.28 bits per heavy atom. The zero-order chi connectivity index (χ0) is 20.3. The minimum Gasteiger partial charge on any atom is -0.369 e. The minimum absolute atomic E-state index is 0.103. The molecular formula is C23H36F2N4. The van der Waals surface area contributed by atoms with Crippen molar-refractivity contribution in [3.05, 3.63) is 29.8 Å². The Kier molecular flexibility index (Phi) is 6.72. The van der Waals surface area contributed by atoms with E-state index in [2.05, 4.69) is 34.5 Å². The number of piperazine rings is 1. The van der Waals surface area contributed by atoms with Gasteiger partial charge in [0, 0.05) is 50.4 Å². The number of nitrogens with zero attached hydrogens (tertiary/aromatic N) is 2. The molecule has 0 amide bonds. The molecule has 4 rings (SSSR count). The van der Waals surface area contributed by atoms with Crippen molar-refractivity contribution in [3.63, 3.8) is 0 Å². The summed E-state index contributed by atoms with van der Waals surface area (Å²) in [7, 11) is 0. The van der Waals surface area contributed by atoms with Crippen LogP contribution in [0.15, 0.2) is 24.3 Å². The van der Waals surface area contributed by atoms with Crippen molar-refractivity contribution < 1.29 is 8.78 Å². The molecule has 6 heteroatoms. The number of nitrogens with two attached hydrogens (primary N) is 1. The van der Waals surface area contributed by atoms with Gasteiger partial charge in [-0.3, -0.25) is 4.90 Å². The minimum atomic E-state index is -2.60. The summed E-state index contributed by atoms with van der Waals surface area (Å²) in [6, 6.07) is 9.04. The second-order valence-corrected chi connectivity index (χ2v) is 9.27. The van der Waals surface area contributed by atoms with Gasteiger partial charge >= 0.3 is 0 Å². The molecule has 162 valence electrons. The summed E-state index contributed by atoms with van der Waals surface area (Å²) in [5, 5.41) is 3.48. The molecule has 0 radical (unpaired) electrons. The van der Waals surface area contributed by atoms with Crippen LogP contribution in [0.5, 0.6) is 0 Å². The number of hydrogen-bond donors (Lipinski definition) is 2. The van der Waals surface area contributed by atoms with Gasteiger partial charge in [-0.1, -0.05) is 12.1 Å². The zero-order valence-corrected chi connectivity index (χ0v) is 17.5. The lowest BCUT2D eigenvalue weighted by atomic mass is 9.82. The second-order valence-electron chi connectivity index (χ2n) is 9.27. The van der Waals surface area contributed by atoms with E-state index in [1.54, 1.807) is 0 Å². The van der Waals surface area contributed by atoms with Crippen LogP contribution in [0.4, 0.5) is 14.5 Å². The number of rotatable bonds is 5. The number of hydrogen-bond acceptors (Lipinski definition) is 4. The molecule has 1 aromatic carbocycles. The third-order valence-corrected chi connectivity index (χ3v) is 7.20. The van der Waals surface area contributed by atoms with E-state index in [1.807, 2.05) is 4.90 Å². The lowest BCUT2D eigenvalue weighted by Crippen LogP contribution is -2.52. The smallest absolute Gasteiger partial charge is 0.263 e. The monoisotopic (exact) mass is 406 g/mol. The molecule has 2 aliphatic heterocycles. The standard InChI is InChI=1S/C23H36F2N4/c24-23(25,20-5-7-21(26)8-6-20)17-28-12-14-29(15-13-28)22-9-3-18(4-10-22)19-2-1-11-27-16-19/h3-4,9-10,19-21,27H,1-2,5-8,11-17,26H2. The van der Waals surface area contributed by atoms with E-state index in [0.29, 0.717) is 31.8 Å².